The molecule has 38 heavy (non-hydrogen) atoms. The molecule has 0 aliphatic carbocycles. The number of alkyl halides is 3. The van der Waals surface area contributed by atoms with Crippen LogP contribution in [0.1, 0.15) is 57.2 Å². The topological polar surface area (TPSA) is 68.3 Å². The fourth-order valence-corrected chi connectivity index (χ4v) is 4.33. The van der Waals surface area contributed by atoms with Crippen molar-refractivity contribution in [1.29, 1.82) is 0 Å². The molecule has 0 fully saturated rings. The molecule has 3 aromatic carbocycles. The number of carbonyl (C=O) groups is 2. The van der Waals surface area contributed by atoms with E-state index in [1.54, 1.807) is 0 Å². The zero-order valence-corrected chi connectivity index (χ0v) is 21.1. The molecular formula is C30H27F3N2O3. The van der Waals surface area contributed by atoms with Crippen molar-refractivity contribution < 1.29 is 27.5 Å². The summed E-state index contributed by atoms with van der Waals surface area (Å²) in [7, 11) is 1.25. The van der Waals surface area contributed by atoms with Crippen molar-refractivity contribution >= 4 is 22.8 Å². The van der Waals surface area contributed by atoms with Gasteiger partial charge in [-0.15, -0.1) is 0 Å². The normalized spacial score (nSPS) is 11.4. The summed E-state index contributed by atoms with van der Waals surface area (Å²) in [5.41, 5.74) is 1.44. The van der Waals surface area contributed by atoms with E-state index in [9.17, 15) is 22.8 Å². The van der Waals surface area contributed by atoms with Crippen molar-refractivity contribution in [2.24, 2.45) is 0 Å². The number of aromatic nitrogens is 1. The molecule has 0 aliphatic heterocycles. The van der Waals surface area contributed by atoms with E-state index in [0.29, 0.717) is 35.0 Å². The third kappa shape index (κ3) is 5.85. The van der Waals surface area contributed by atoms with Crippen molar-refractivity contribution in [3.8, 4) is 11.1 Å². The molecule has 0 bridgehead atoms. The Labute approximate surface area is 218 Å². The highest BCUT2D eigenvalue weighted by Crippen LogP contribution is 2.40. The second-order valence-corrected chi connectivity index (χ2v) is 8.90. The van der Waals surface area contributed by atoms with E-state index in [1.807, 2.05) is 37.3 Å². The minimum atomic E-state index is -4.65. The number of amides is 1. The van der Waals surface area contributed by atoms with Gasteiger partial charge >= 0.3 is 12.1 Å². The fourth-order valence-electron chi connectivity index (χ4n) is 4.33. The lowest BCUT2D eigenvalue weighted by Crippen LogP contribution is -2.24. The van der Waals surface area contributed by atoms with Gasteiger partial charge in [0.2, 0.25) is 0 Å². The van der Waals surface area contributed by atoms with Crippen LogP contribution in [0, 0.1) is 0 Å². The van der Waals surface area contributed by atoms with E-state index in [2.05, 4.69) is 10.3 Å². The van der Waals surface area contributed by atoms with Gasteiger partial charge in [0.15, 0.2) is 0 Å². The van der Waals surface area contributed by atoms with Crippen molar-refractivity contribution in [3.05, 3.63) is 101 Å². The van der Waals surface area contributed by atoms with Gasteiger partial charge in [0.1, 0.15) is 0 Å². The van der Waals surface area contributed by atoms with Crippen LogP contribution in [-0.2, 0) is 17.3 Å². The first-order valence-electron chi connectivity index (χ1n) is 12.3. The summed E-state index contributed by atoms with van der Waals surface area (Å²) in [6.45, 7) is 2.54. The van der Waals surface area contributed by atoms with Crippen molar-refractivity contribution in [2.75, 3.05) is 13.7 Å². The Kier molecular flexibility index (Phi) is 8.10. The number of carbonyl (C=O) groups excluding carboxylic acids is 2. The van der Waals surface area contributed by atoms with E-state index in [-0.39, 0.29) is 22.6 Å². The number of methoxy groups -OCH3 is 1. The molecule has 0 atom stereocenters. The van der Waals surface area contributed by atoms with E-state index in [0.717, 1.165) is 24.5 Å². The van der Waals surface area contributed by atoms with Crippen LogP contribution in [-0.4, -0.2) is 30.5 Å². The van der Waals surface area contributed by atoms with Crippen LogP contribution in [0.25, 0.3) is 22.0 Å². The lowest BCUT2D eigenvalue weighted by atomic mass is 9.91. The number of unbranched alkanes of at least 4 members (excludes halogenated alkanes) is 1. The van der Waals surface area contributed by atoms with E-state index in [4.69, 9.17) is 4.74 Å². The van der Waals surface area contributed by atoms with Crippen LogP contribution >= 0.6 is 0 Å². The second kappa shape index (κ2) is 11.5. The Morgan fingerprint density at radius 3 is 2.34 bits per heavy atom. The third-order valence-electron chi connectivity index (χ3n) is 6.33. The first-order valence-corrected chi connectivity index (χ1v) is 12.3. The Morgan fingerprint density at radius 1 is 1.00 bits per heavy atom. The number of hydrogen-bond donors (Lipinski definition) is 1. The SMILES string of the molecule is CCCCNC(=O)c1ccc(-c2cc3c(Cc4ccccc4)c(C(=O)OC)cnc3cc2C(F)(F)F)cc1. The monoisotopic (exact) mass is 520 g/mol. The zero-order valence-electron chi connectivity index (χ0n) is 21.1. The van der Waals surface area contributed by atoms with Crippen LogP contribution in [0.3, 0.4) is 0 Å². The number of esters is 1. The number of rotatable bonds is 8. The number of benzene rings is 3. The molecule has 4 rings (SSSR count). The van der Waals surface area contributed by atoms with Gasteiger partial charge < -0.3 is 10.1 Å². The molecule has 4 aromatic rings. The maximum absolute atomic E-state index is 14.2. The Hall–Kier alpha value is -4.20. The zero-order chi connectivity index (χ0) is 27.3. The standard InChI is InChI=1S/C30H27F3N2O3/c1-3-4-14-34-28(36)21-12-10-20(11-13-21)22-16-24-23(15-19-8-6-5-7-9-19)25(29(37)38-2)18-35-27(24)17-26(22)30(31,32)33/h5-13,16-18H,3-4,14-15H2,1-2H3,(H,34,36). The minimum Gasteiger partial charge on any atom is -0.465 e. The number of halogens is 3. The Morgan fingerprint density at radius 2 is 1.71 bits per heavy atom. The van der Waals surface area contributed by atoms with Crippen LogP contribution in [0.15, 0.2) is 72.9 Å². The van der Waals surface area contributed by atoms with Crippen molar-refractivity contribution in [3.63, 3.8) is 0 Å². The number of fused-ring (bicyclic) bond motifs is 1. The first kappa shape index (κ1) is 26.9. The quantitative estimate of drug-likeness (QED) is 0.204. The van der Waals surface area contributed by atoms with Crippen LogP contribution in [0.2, 0.25) is 0 Å². The van der Waals surface area contributed by atoms with E-state index >= 15 is 0 Å². The molecule has 0 saturated heterocycles. The molecule has 196 valence electrons. The van der Waals surface area contributed by atoms with Gasteiger partial charge in [-0.25, -0.2) is 4.79 Å². The smallest absolute Gasteiger partial charge is 0.417 e. The van der Waals surface area contributed by atoms with Gasteiger partial charge in [-0.05, 0) is 59.4 Å². The summed E-state index contributed by atoms with van der Waals surface area (Å²) in [5.74, 6) is -0.901. The molecule has 0 saturated carbocycles. The highest BCUT2D eigenvalue weighted by atomic mass is 19.4. The molecule has 8 heteroatoms. The van der Waals surface area contributed by atoms with Crippen molar-refractivity contribution in [1.82, 2.24) is 10.3 Å². The van der Waals surface area contributed by atoms with Gasteiger partial charge in [0, 0.05) is 23.7 Å². The van der Waals surface area contributed by atoms with E-state index < -0.39 is 17.7 Å². The van der Waals surface area contributed by atoms with Gasteiger partial charge in [-0.2, -0.15) is 13.2 Å². The highest BCUT2D eigenvalue weighted by Gasteiger charge is 2.35. The number of nitrogens with zero attached hydrogens (tertiary/aromatic N) is 1. The minimum absolute atomic E-state index is 0.0685. The summed E-state index contributed by atoms with van der Waals surface area (Å²) in [6.07, 6.45) is -1.32. The molecule has 0 spiro atoms. The number of hydrogen-bond acceptors (Lipinski definition) is 4. The average molecular weight is 521 g/mol. The number of ether oxygens (including phenoxy) is 1. The molecule has 1 heterocycles. The van der Waals surface area contributed by atoms with Gasteiger partial charge in [0.25, 0.3) is 5.91 Å². The average Bonchev–Trinajstić information content (AvgIpc) is 2.92. The lowest BCUT2D eigenvalue weighted by molar-refractivity contribution is -0.137. The number of pyridine rings is 1. The molecule has 0 radical (unpaired) electrons. The molecule has 5 nitrogen and oxygen atoms in total. The van der Waals surface area contributed by atoms with Gasteiger partial charge in [-0.1, -0.05) is 55.8 Å². The predicted molar refractivity (Wildman–Crippen MR) is 140 cm³/mol. The molecule has 0 aliphatic rings. The molecule has 1 aromatic heterocycles. The fraction of sp³-hybridized carbons (Fsp3) is 0.233. The maximum Gasteiger partial charge on any atom is 0.417 e. The van der Waals surface area contributed by atoms with Crippen molar-refractivity contribution in [2.45, 2.75) is 32.4 Å². The number of nitrogens with one attached hydrogen (secondary N) is 1. The van der Waals surface area contributed by atoms with Crippen LogP contribution < -0.4 is 5.32 Å². The Balaban J connectivity index is 1.87. The maximum atomic E-state index is 14.2. The summed E-state index contributed by atoms with van der Waals surface area (Å²) in [6, 6.07) is 17.8. The predicted octanol–water partition coefficient (Wildman–Crippen LogP) is 6.83. The molecule has 1 amide bonds. The highest BCUT2D eigenvalue weighted by molar-refractivity contribution is 5.99. The first-order chi connectivity index (χ1) is 18.2. The van der Waals surface area contributed by atoms with Crippen LogP contribution in [0.5, 0.6) is 0 Å². The second-order valence-electron chi connectivity index (χ2n) is 8.90. The van der Waals surface area contributed by atoms with Crippen LogP contribution in [0.4, 0.5) is 13.2 Å². The summed E-state index contributed by atoms with van der Waals surface area (Å²) in [5, 5.41) is 3.22. The largest absolute Gasteiger partial charge is 0.465 e. The summed E-state index contributed by atoms with van der Waals surface area (Å²) in [4.78, 5) is 29.1. The molecule has 0 unspecified atom stereocenters. The third-order valence-corrected chi connectivity index (χ3v) is 6.33. The Bertz CT molecular complexity index is 1450. The van der Waals surface area contributed by atoms with E-state index in [1.165, 1.54) is 43.6 Å². The molecule has 1 N–H and O–H groups in total. The lowest BCUT2D eigenvalue weighted by Gasteiger charge is -2.18. The van der Waals surface area contributed by atoms with Gasteiger partial charge in [0.05, 0.1) is 23.8 Å². The summed E-state index contributed by atoms with van der Waals surface area (Å²) < 4.78 is 47.5. The van der Waals surface area contributed by atoms with Gasteiger partial charge in [-0.3, -0.25) is 9.78 Å². The molecular weight excluding hydrogens is 493 g/mol. The summed E-state index contributed by atoms with van der Waals surface area (Å²) >= 11 is 0.